The summed E-state index contributed by atoms with van der Waals surface area (Å²) in [6, 6.07) is 4.10. The number of sulfonamides is 1. The average molecular weight is 402 g/mol. The molecule has 2 heterocycles. The number of hydrogen-bond acceptors (Lipinski definition) is 4. The van der Waals surface area contributed by atoms with Crippen molar-refractivity contribution in [1.29, 1.82) is 0 Å². The van der Waals surface area contributed by atoms with Gasteiger partial charge in [-0.15, -0.1) is 0 Å². The van der Waals surface area contributed by atoms with Crippen molar-refractivity contribution in [2.45, 2.75) is 43.5 Å². The van der Waals surface area contributed by atoms with Crippen molar-refractivity contribution < 1.29 is 21.6 Å². The molecule has 0 amide bonds. The summed E-state index contributed by atoms with van der Waals surface area (Å²) in [6.45, 7) is 0.229. The van der Waals surface area contributed by atoms with E-state index in [9.17, 15) is 26.4 Å². The highest BCUT2D eigenvalue weighted by Crippen LogP contribution is 2.35. The quantitative estimate of drug-likeness (QED) is 0.780. The summed E-state index contributed by atoms with van der Waals surface area (Å²) < 4.78 is 69.0. The first-order valence-corrected chi connectivity index (χ1v) is 9.95. The van der Waals surface area contributed by atoms with E-state index in [1.165, 1.54) is 15.3 Å². The van der Waals surface area contributed by atoms with E-state index in [2.05, 4.69) is 5.10 Å². The number of benzene rings is 1. The third-order valence-electron chi connectivity index (χ3n) is 4.83. The lowest BCUT2D eigenvalue weighted by Crippen LogP contribution is -2.41. The molecule has 1 fully saturated rings. The standard InChI is InChI=1S/C16H17F3N4O3S/c17-16(18,19)12-3-1-2-4-13(12)27(25,26)21-7-8-22-14(10-21)20-23(15(22)24)9-11-5-6-11/h1-4,11H,5-10H2. The molecule has 1 aliphatic heterocycles. The molecule has 0 atom stereocenters. The van der Waals surface area contributed by atoms with Gasteiger partial charge in [0.15, 0.2) is 0 Å². The monoisotopic (exact) mass is 402 g/mol. The lowest BCUT2D eigenvalue weighted by Gasteiger charge is -2.27. The van der Waals surface area contributed by atoms with Crippen molar-refractivity contribution in [3.05, 3.63) is 46.1 Å². The van der Waals surface area contributed by atoms with Crippen molar-refractivity contribution in [2.75, 3.05) is 6.54 Å². The number of halogens is 3. The van der Waals surface area contributed by atoms with Gasteiger partial charge in [-0.05, 0) is 30.9 Å². The minimum Gasteiger partial charge on any atom is -0.276 e. The van der Waals surface area contributed by atoms with Gasteiger partial charge < -0.3 is 0 Å². The highest BCUT2D eigenvalue weighted by molar-refractivity contribution is 7.89. The highest BCUT2D eigenvalue weighted by atomic mass is 32.2. The van der Waals surface area contributed by atoms with Crippen LogP contribution in [0.5, 0.6) is 0 Å². The fraction of sp³-hybridized carbons (Fsp3) is 0.500. The third kappa shape index (κ3) is 3.29. The fourth-order valence-electron chi connectivity index (χ4n) is 3.21. The number of hydrogen-bond donors (Lipinski definition) is 0. The summed E-state index contributed by atoms with van der Waals surface area (Å²) in [6.07, 6.45) is -2.72. The summed E-state index contributed by atoms with van der Waals surface area (Å²) in [7, 11) is -4.38. The Kier molecular flexibility index (Phi) is 4.18. The third-order valence-corrected chi connectivity index (χ3v) is 6.73. The maximum atomic E-state index is 13.2. The van der Waals surface area contributed by atoms with Crippen LogP contribution in [-0.2, 0) is 35.8 Å². The Morgan fingerprint density at radius 3 is 2.52 bits per heavy atom. The largest absolute Gasteiger partial charge is 0.417 e. The molecule has 0 bridgehead atoms. The Morgan fingerprint density at radius 1 is 1.15 bits per heavy atom. The molecule has 4 rings (SSSR count). The van der Waals surface area contributed by atoms with Crippen molar-refractivity contribution >= 4 is 10.0 Å². The Bertz CT molecular complexity index is 1040. The number of rotatable bonds is 4. The lowest BCUT2D eigenvalue weighted by atomic mass is 10.2. The van der Waals surface area contributed by atoms with Gasteiger partial charge >= 0.3 is 11.9 Å². The highest BCUT2D eigenvalue weighted by Gasteiger charge is 2.40. The first kappa shape index (κ1) is 18.2. The average Bonchev–Trinajstić information content (AvgIpc) is 3.38. The van der Waals surface area contributed by atoms with Crippen LogP contribution in [0.25, 0.3) is 0 Å². The number of fused-ring (bicyclic) bond motifs is 1. The summed E-state index contributed by atoms with van der Waals surface area (Å²) in [4.78, 5) is 11.5. The molecular weight excluding hydrogens is 385 g/mol. The van der Waals surface area contributed by atoms with Gasteiger partial charge in [-0.25, -0.2) is 17.9 Å². The molecular formula is C16H17F3N4O3S. The maximum absolute atomic E-state index is 13.2. The van der Waals surface area contributed by atoms with Crippen LogP contribution in [0.4, 0.5) is 13.2 Å². The molecule has 0 radical (unpaired) electrons. The summed E-state index contributed by atoms with van der Waals surface area (Å²) in [5.74, 6) is 0.665. The molecule has 2 aliphatic rings. The van der Waals surface area contributed by atoms with Gasteiger partial charge in [0.1, 0.15) is 5.82 Å². The second-order valence-corrected chi connectivity index (χ2v) is 8.71. The van der Waals surface area contributed by atoms with Crippen LogP contribution in [0.15, 0.2) is 34.0 Å². The molecule has 1 saturated carbocycles. The SMILES string of the molecule is O=c1n(CC2CC2)nc2n1CCN(S(=O)(=O)c1ccccc1C(F)(F)F)C2. The van der Waals surface area contributed by atoms with Gasteiger partial charge in [-0.3, -0.25) is 4.57 Å². The second-order valence-electron chi connectivity index (χ2n) is 6.81. The van der Waals surface area contributed by atoms with Gasteiger partial charge in [0.25, 0.3) is 0 Å². The number of nitrogens with zero attached hydrogens (tertiary/aromatic N) is 4. The lowest BCUT2D eigenvalue weighted by molar-refractivity contribution is -0.139. The second kappa shape index (κ2) is 6.20. The van der Waals surface area contributed by atoms with Gasteiger partial charge in [0.05, 0.1) is 17.0 Å². The van der Waals surface area contributed by atoms with Crippen LogP contribution in [0.1, 0.15) is 24.2 Å². The van der Waals surface area contributed by atoms with Crippen LogP contribution in [0.3, 0.4) is 0 Å². The molecule has 146 valence electrons. The Hall–Kier alpha value is -2.14. The molecule has 27 heavy (non-hydrogen) atoms. The number of alkyl halides is 3. The normalized spacial score (nSPS) is 18.5. The van der Waals surface area contributed by atoms with Crippen LogP contribution in [0.2, 0.25) is 0 Å². The van der Waals surface area contributed by atoms with Gasteiger partial charge in [-0.2, -0.15) is 22.6 Å². The molecule has 0 spiro atoms. The summed E-state index contributed by atoms with van der Waals surface area (Å²) >= 11 is 0. The van der Waals surface area contributed by atoms with E-state index < -0.39 is 26.7 Å². The van der Waals surface area contributed by atoms with Crippen LogP contribution < -0.4 is 5.69 Å². The topological polar surface area (TPSA) is 77.2 Å². The van der Waals surface area contributed by atoms with Crippen LogP contribution in [-0.4, -0.2) is 33.6 Å². The minimum absolute atomic E-state index is 0.0618. The van der Waals surface area contributed by atoms with Gasteiger partial charge in [0, 0.05) is 19.6 Å². The van der Waals surface area contributed by atoms with Gasteiger partial charge in [-0.1, -0.05) is 12.1 Å². The zero-order valence-corrected chi connectivity index (χ0v) is 15.0. The smallest absolute Gasteiger partial charge is 0.276 e. The first-order chi connectivity index (χ1) is 12.7. The Balaban J connectivity index is 1.67. The van der Waals surface area contributed by atoms with E-state index in [0.29, 0.717) is 12.5 Å². The van der Waals surface area contributed by atoms with E-state index in [1.54, 1.807) is 0 Å². The van der Waals surface area contributed by atoms with E-state index in [-0.39, 0.29) is 31.1 Å². The van der Waals surface area contributed by atoms with E-state index in [0.717, 1.165) is 35.3 Å². The molecule has 1 aliphatic carbocycles. The van der Waals surface area contributed by atoms with E-state index in [1.807, 2.05) is 0 Å². The molecule has 0 unspecified atom stereocenters. The van der Waals surface area contributed by atoms with Crippen molar-refractivity contribution in [3.63, 3.8) is 0 Å². The van der Waals surface area contributed by atoms with Gasteiger partial charge in [0.2, 0.25) is 10.0 Å². The van der Waals surface area contributed by atoms with E-state index in [4.69, 9.17) is 0 Å². The minimum atomic E-state index is -4.78. The molecule has 11 heteroatoms. The maximum Gasteiger partial charge on any atom is 0.417 e. The Morgan fingerprint density at radius 2 is 1.85 bits per heavy atom. The van der Waals surface area contributed by atoms with Crippen molar-refractivity contribution in [1.82, 2.24) is 18.7 Å². The summed E-state index contributed by atoms with van der Waals surface area (Å²) in [5, 5.41) is 4.20. The first-order valence-electron chi connectivity index (χ1n) is 8.51. The zero-order valence-electron chi connectivity index (χ0n) is 14.2. The van der Waals surface area contributed by atoms with Crippen LogP contribution in [0, 0.1) is 5.92 Å². The van der Waals surface area contributed by atoms with Crippen molar-refractivity contribution in [2.24, 2.45) is 5.92 Å². The molecule has 0 saturated heterocycles. The van der Waals surface area contributed by atoms with Crippen molar-refractivity contribution in [3.8, 4) is 0 Å². The molecule has 1 aromatic carbocycles. The predicted octanol–water partition coefficient (Wildman–Crippen LogP) is 1.68. The molecule has 7 nitrogen and oxygen atoms in total. The Labute approximate surface area is 153 Å². The van der Waals surface area contributed by atoms with Crippen LogP contribution >= 0.6 is 0 Å². The summed E-state index contributed by atoms with van der Waals surface area (Å²) in [5.41, 5.74) is -1.50. The number of aromatic nitrogens is 3. The fourth-order valence-corrected chi connectivity index (χ4v) is 4.81. The molecule has 2 aromatic rings. The predicted molar refractivity (Wildman–Crippen MR) is 88.3 cm³/mol. The van der Waals surface area contributed by atoms with E-state index >= 15 is 0 Å². The molecule has 0 N–H and O–H groups in total. The zero-order chi connectivity index (χ0) is 19.4. The molecule has 1 aromatic heterocycles.